The van der Waals surface area contributed by atoms with Crippen molar-refractivity contribution in [2.24, 2.45) is 0 Å². The number of halogens is 1. The zero-order valence-electron chi connectivity index (χ0n) is 11.4. The molecule has 0 aromatic heterocycles. The van der Waals surface area contributed by atoms with Crippen molar-refractivity contribution >= 4 is 15.9 Å². The van der Waals surface area contributed by atoms with Crippen molar-refractivity contribution in [2.45, 2.75) is 6.04 Å². The van der Waals surface area contributed by atoms with E-state index in [1.807, 2.05) is 0 Å². The van der Waals surface area contributed by atoms with Gasteiger partial charge in [-0.3, -0.25) is 4.90 Å². The summed E-state index contributed by atoms with van der Waals surface area (Å²) in [5.74, 6) is 0. The fourth-order valence-corrected chi connectivity index (χ4v) is 3.10. The van der Waals surface area contributed by atoms with Crippen LogP contribution in [0.1, 0.15) is 17.2 Å². The zero-order valence-corrected chi connectivity index (χ0v) is 13.0. The van der Waals surface area contributed by atoms with Crippen LogP contribution >= 0.6 is 15.9 Å². The summed E-state index contributed by atoms with van der Waals surface area (Å²) in [5.41, 5.74) is 2.73. The molecule has 1 N–H and O–H groups in total. The van der Waals surface area contributed by atoms with Gasteiger partial charge in [-0.25, -0.2) is 0 Å². The van der Waals surface area contributed by atoms with Gasteiger partial charge in [0.15, 0.2) is 0 Å². The highest BCUT2D eigenvalue weighted by Crippen LogP contribution is 2.29. The van der Waals surface area contributed by atoms with Crippen LogP contribution in [0.15, 0.2) is 59.1 Å². The molecule has 3 heteroatoms. The highest BCUT2D eigenvalue weighted by Gasteiger charge is 2.23. The number of benzene rings is 2. The maximum atomic E-state index is 3.52. The second-order valence-corrected chi connectivity index (χ2v) is 6.07. The minimum atomic E-state index is 0.353. The van der Waals surface area contributed by atoms with Crippen LogP contribution in [0.4, 0.5) is 0 Å². The smallest absolute Gasteiger partial charge is 0.0602 e. The molecule has 1 fully saturated rings. The Morgan fingerprint density at radius 2 is 1.45 bits per heavy atom. The Balaban J connectivity index is 1.96. The van der Waals surface area contributed by atoms with Gasteiger partial charge in [0.2, 0.25) is 0 Å². The minimum absolute atomic E-state index is 0.353. The molecule has 1 heterocycles. The van der Waals surface area contributed by atoms with Gasteiger partial charge in [0.1, 0.15) is 0 Å². The van der Waals surface area contributed by atoms with Gasteiger partial charge in [-0.05, 0) is 23.3 Å². The third-order valence-electron chi connectivity index (χ3n) is 3.82. The Bertz CT molecular complexity index is 533. The van der Waals surface area contributed by atoms with E-state index in [0.717, 1.165) is 30.7 Å². The van der Waals surface area contributed by atoms with E-state index in [9.17, 15) is 0 Å². The Morgan fingerprint density at radius 1 is 0.850 bits per heavy atom. The molecule has 0 radical (unpaired) electrons. The Labute approximate surface area is 128 Å². The third-order valence-corrected chi connectivity index (χ3v) is 4.35. The number of nitrogens with zero attached hydrogens (tertiary/aromatic N) is 1. The van der Waals surface area contributed by atoms with Crippen LogP contribution in [0, 0.1) is 0 Å². The molecule has 104 valence electrons. The standard InChI is InChI=1S/C17H19BrN2/c18-16-8-6-15(7-9-16)17(14-4-2-1-3-5-14)20-12-10-19-11-13-20/h1-9,17,19H,10-13H2/t17-/m0/s1. The van der Waals surface area contributed by atoms with E-state index in [4.69, 9.17) is 0 Å². The molecule has 0 amide bonds. The molecule has 2 aromatic carbocycles. The summed E-state index contributed by atoms with van der Waals surface area (Å²) in [5, 5.41) is 3.43. The molecule has 20 heavy (non-hydrogen) atoms. The van der Waals surface area contributed by atoms with Crippen molar-refractivity contribution in [3.8, 4) is 0 Å². The van der Waals surface area contributed by atoms with Crippen molar-refractivity contribution in [3.05, 3.63) is 70.2 Å². The molecule has 0 bridgehead atoms. The molecule has 1 aliphatic heterocycles. The van der Waals surface area contributed by atoms with E-state index in [2.05, 4.69) is 80.7 Å². The van der Waals surface area contributed by atoms with Crippen molar-refractivity contribution in [1.82, 2.24) is 10.2 Å². The summed E-state index contributed by atoms with van der Waals surface area (Å²) in [6.45, 7) is 4.32. The van der Waals surface area contributed by atoms with Crippen LogP contribution in [0.5, 0.6) is 0 Å². The lowest BCUT2D eigenvalue weighted by atomic mass is 9.96. The predicted octanol–water partition coefficient (Wildman–Crippen LogP) is 3.44. The van der Waals surface area contributed by atoms with Crippen LogP contribution in [0.25, 0.3) is 0 Å². The first-order valence-corrected chi connectivity index (χ1v) is 7.89. The number of hydrogen-bond donors (Lipinski definition) is 1. The predicted molar refractivity (Wildman–Crippen MR) is 86.9 cm³/mol. The lowest BCUT2D eigenvalue weighted by Gasteiger charge is -2.35. The van der Waals surface area contributed by atoms with Gasteiger partial charge in [-0.1, -0.05) is 58.4 Å². The van der Waals surface area contributed by atoms with Crippen LogP contribution in [0.3, 0.4) is 0 Å². The quantitative estimate of drug-likeness (QED) is 0.927. The van der Waals surface area contributed by atoms with E-state index in [0.29, 0.717) is 6.04 Å². The van der Waals surface area contributed by atoms with Gasteiger partial charge >= 0.3 is 0 Å². The minimum Gasteiger partial charge on any atom is -0.314 e. The number of rotatable bonds is 3. The molecule has 1 saturated heterocycles. The maximum Gasteiger partial charge on any atom is 0.0602 e. The van der Waals surface area contributed by atoms with Gasteiger partial charge < -0.3 is 5.32 Å². The summed E-state index contributed by atoms with van der Waals surface area (Å²) in [7, 11) is 0. The van der Waals surface area contributed by atoms with E-state index in [-0.39, 0.29) is 0 Å². The topological polar surface area (TPSA) is 15.3 Å². The first kappa shape index (κ1) is 13.8. The third kappa shape index (κ3) is 3.11. The molecule has 0 unspecified atom stereocenters. The Morgan fingerprint density at radius 3 is 2.10 bits per heavy atom. The van der Waals surface area contributed by atoms with Crippen LogP contribution in [-0.2, 0) is 0 Å². The fraction of sp³-hybridized carbons (Fsp3) is 0.294. The molecule has 1 atom stereocenters. The Kier molecular flexibility index (Phi) is 4.51. The molecular weight excluding hydrogens is 312 g/mol. The average Bonchev–Trinajstić information content (AvgIpc) is 2.52. The lowest BCUT2D eigenvalue weighted by Crippen LogP contribution is -2.45. The normalized spacial score (nSPS) is 17.9. The number of hydrogen-bond acceptors (Lipinski definition) is 2. The molecule has 0 saturated carbocycles. The monoisotopic (exact) mass is 330 g/mol. The summed E-state index contributed by atoms with van der Waals surface area (Å²) in [6.07, 6.45) is 0. The summed E-state index contributed by atoms with van der Waals surface area (Å²) in [4.78, 5) is 2.56. The summed E-state index contributed by atoms with van der Waals surface area (Å²) >= 11 is 3.52. The van der Waals surface area contributed by atoms with Gasteiger partial charge in [-0.2, -0.15) is 0 Å². The highest BCUT2D eigenvalue weighted by molar-refractivity contribution is 9.10. The molecule has 2 aromatic rings. The van der Waals surface area contributed by atoms with Crippen LogP contribution in [0.2, 0.25) is 0 Å². The van der Waals surface area contributed by atoms with Crippen molar-refractivity contribution in [1.29, 1.82) is 0 Å². The molecule has 0 aliphatic carbocycles. The zero-order chi connectivity index (χ0) is 13.8. The van der Waals surface area contributed by atoms with Crippen LogP contribution < -0.4 is 5.32 Å². The molecule has 3 rings (SSSR count). The van der Waals surface area contributed by atoms with Gasteiger partial charge in [0.05, 0.1) is 6.04 Å². The van der Waals surface area contributed by atoms with Gasteiger partial charge in [0.25, 0.3) is 0 Å². The van der Waals surface area contributed by atoms with Crippen molar-refractivity contribution < 1.29 is 0 Å². The second-order valence-electron chi connectivity index (χ2n) is 5.15. The summed E-state index contributed by atoms with van der Waals surface area (Å²) in [6, 6.07) is 19.9. The molecule has 2 nitrogen and oxygen atoms in total. The second kappa shape index (κ2) is 6.53. The average molecular weight is 331 g/mol. The molecular formula is C17H19BrN2. The highest BCUT2D eigenvalue weighted by atomic mass is 79.9. The lowest BCUT2D eigenvalue weighted by molar-refractivity contribution is 0.198. The molecule has 0 spiro atoms. The molecule has 1 aliphatic rings. The number of nitrogens with one attached hydrogen (secondary N) is 1. The van der Waals surface area contributed by atoms with E-state index in [1.165, 1.54) is 11.1 Å². The van der Waals surface area contributed by atoms with E-state index in [1.54, 1.807) is 0 Å². The van der Waals surface area contributed by atoms with E-state index < -0.39 is 0 Å². The van der Waals surface area contributed by atoms with Crippen molar-refractivity contribution in [2.75, 3.05) is 26.2 Å². The van der Waals surface area contributed by atoms with Gasteiger partial charge in [0, 0.05) is 30.7 Å². The van der Waals surface area contributed by atoms with Gasteiger partial charge in [-0.15, -0.1) is 0 Å². The maximum absolute atomic E-state index is 3.52. The van der Waals surface area contributed by atoms with Crippen molar-refractivity contribution in [3.63, 3.8) is 0 Å². The van der Waals surface area contributed by atoms with E-state index >= 15 is 0 Å². The number of piperazine rings is 1. The van der Waals surface area contributed by atoms with Crippen LogP contribution in [-0.4, -0.2) is 31.1 Å². The first-order valence-electron chi connectivity index (χ1n) is 7.10. The SMILES string of the molecule is Brc1ccc([C@H](c2ccccc2)N2CCNCC2)cc1. The summed E-state index contributed by atoms with van der Waals surface area (Å²) < 4.78 is 1.13. The Hall–Kier alpha value is -1.16. The largest absolute Gasteiger partial charge is 0.314 e. The first-order chi connectivity index (χ1) is 9.84. The fourth-order valence-electron chi connectivity index (χ4n) is 2.83.